The van der Waals surface area contributed by atoms with Crippen LogP contribution in [0.5, 0.6) is 0 Å². The molecule has 0 aromatic carbocycles. The van der Waals surface area contributed by atoms with E-state index in [-0.39, 0.29) is 35.9 Å². The summed E-state index contributed by atoms with van der Waals surface area (Å²) in [6.45, 7) is 5.22. The molecule has 0 unspecified atom stereocenters. The highest BCUT2D eigenvalue weighted by Gasteiger charge is 2.62. The van der Waals surface area contributed by atoms with E-state index in [9.17, 15) is 22.4 Å². The number of nitrogens with one attached hydrogen (secondary N) is 1. The molecule has 3 aromatic rings. The van der Waals surface area contributed by atoms with Crippen molar-refractivity contribution in [3.63, 3.8) is 0 Å². The summed E-state index contributed by atoms with van der Waals surface area (Å²) >= 11 is 0. The highest BCUT2D eigenvalue weighted by Crippen LogP contribution is 2.43. The molecule has 2 aliphatic heterocycles. The highest BCUT2D eigenvalue weighted by molar-refractivity contribution is 6.08. The molecule has 176 valence electrons. The number of halogens is 4. The van der Waals surface area contributed by atoms with E-state index < -0.39 is 41.6 Å². The zero-order valence-electron chi connectivity index (χ0n) is 18.0. The average molecular weight is 467 g/mol. The molecule has 9 nitrogen and oxygen atoms in total. The van der Waals surface area contributed by atoms with E-state index >= 15 is 0 Å². The molecule has 0 aliphatic carbocycles. The summed E-state index contributed by atoms with van der Waals surface area (Å²) in [6.07, 6.45) is -0.0208. The number of ether oxygens (including phenoxy) is 1. The van der Waals surface area contributed by atoms with E-state index in [4.69, 9.17) is 4.74 Å². The van der Waals surface area contributed by atoms with Crippen LogP contribution in [0.2, 0.25) is 0 Å². The Labute approximate surface area is 185 Å². The first-order valence-electron chi connectivity index (χ1n) is 10.3. The van der Waals surface area contributed by atoms with Gasteiger partial charge in [-0.25, -0.2) is 27.1 Å². The molecule has 2 bridgehead atoms. The van der Waals surface area contributed by atoms with Crippen LogP contribution in [0.4, 0.5) is 29.1 Å². The molecule has 13 heteroatoms. The monoisotopic (exact) mass is 467 g/mol. The van der Waals surface area contributed by atoms with Crippen molar-refractivity contribution in [1.29, 1.82) is 0 Å². The number of aromatic nitrogens is 5. The van der Waals surface area contributed by atoms with Crippen molar-refractivity contribution in [2.45, 2.75) is 50.8 Å². The van der Waals surface area contributed by atoms with E-state index in [1.807, 2.05) is 0 Å². The molecule has 1 amide bonds. The summed E-state index contributed by atoms with van der Waals surface area (Å²) in [6, 6.07) is 0.385. The highest BCUT2D eigenvalue weighted by atomic mass is 19.3. The lowest BCUT2D eigenvalue weighted by molar-refractivity contribution is -0.0479. The number of carbonyl (C=O) groups excluding carboxylic acids is 1. The smallest absolute Gasteiger partial charge is 0.297 e. The van der Waals surface area contributed by atoms with Gasteiger partial charge in [0.05, 0.1) is 30.6 Å². The summed E-state index contributed by atoms with van der Waals surface area (Å²) in [7, 11) is 0. The molecule has 5 heterocycles. The van der Waals surface area contributed by atoms with Crippen molar-refractivity contribution in [2.75, 3.05) is 23.4 Å². The minimum Gasteiger partial charge on any atom is -0.368 e. The SMILES string of the molecule is CC(C)(C)n1cc(NC(=O)c2cnn3ccc(N4C[C@H]5OC[C@@H]4C5(F)F)nc23)c(C(F)F)n1. The Kier molecular flexibility index (Phi) is 4.68. The van der Waals surface area contributed by atoms with Crippen LogP contribution in [0.25, 0.3) is 5.65 Å². The summed E-state index contributed by atoms with van der Waals surface area (Å²) in [5, 5.41) is 10.4. The van der Waals surface area contributed by atoms with E-state index in [1.54, 1.807) is 20.8 Å². The summed E-state index contributed by atoms with van der Waals surface area (Å²) in [5.41, 5.74) is -1.14. The Balaban J connectivity index is 1.46. The second-order valence-corrected chi connectivity index (χ2v) is 9.08. The molecule has 3 aromatic heterocycles. The lowest BCUT2D eigenvalue weighted by Crippen LogP contribution is -2.40. The number of fused-ring (bicyclic) bond motifs is 3. The van der Waals surface area contributed by atoms with Crippen LogP contribution in [0.1, 0.15) is 43.2 Å². The molecule has 0 saturated carbocycles. The lowest BCUT2D eigenvalue weighted by atomic mass is 10.1. The van der Waals surface area contributed by atoms with Gasteiger partial charge in [0, 0.05) is 12.4 Å². The third-order valence-electron chi connectivity index (χ3n) is 5.85. The first-order chi connectivity index (χ1) is 15.5. The Hall–Kier alpha value is -3.22. The Morgan fingerprint density at radius 3 is 2.70 bits per heavy atom. The standard InChI is InChI=1S/C20H21F4N7O2/c1-19(2,3)31-7-11(15(28-31)16(21)22)26-18(32)10-6-25-30-5-4-14(27-17(10)30)29-8-13-20(23,24)12(29)9-33-13/h4-7,12-13,16H,8-9H2,1-3H3,(H,26,32)/t12-,13-/m1/s1. The molecule has 0 spiro atoms. The van der Waals surface area contributed by atoms with Crippen LogP contribution in [0.3, 0.4) is 0 Å². The summed E-state index contributed by atoms with van der Waals surface area (Å²) in [5.74, 6) is -3.46. The molecule has 2 atom stereocenters. The lowest BCUT2D eigenvalue weighted by Gasteiger charge is -2.27. The minimum absolute atomic E-state index is 0.00735. The zero-order chi connectivity index (χ0) is 23.7. The van der Waals surface area contributed by atoms with E-state index in [0.29, 0.717) is 0 Å². The fraction of sp³-hybridized carbons (Fsp3) is 0.500. The van der Waals surface area contributed by atoms with Gasteiger partial charge in [0.15, 0.2) is 11.3 Å². The average Bonchev–Trinajstić information content (AvgIpc) is 3.47. The fourth-order valence-electron chi connectivity index (χ4n) is 4.03. The van der Waals surface area contributed by atoms with Gasteiger partial charge in [0.25, 0.3) is 18.3 Å². The molecule has 2 aliphatic rings. The van der Waals surface area contributed by atoms with Gasteiger partial charge < -0.3 is 15.0 Å². The largest absolute Gasteiger partial charge is 0.368 e. The van der Waals surface area contributed by atoms with Crippen molar-refractivity contribution in [2.24, 2.45) is 0 Å². The molecule has 5 rings (SSSR count). The van der Waals surface area contributed by atoms with Crippen molar-refractivity contribution in [3.8, 4) is 0 Å². The number of nitrogens with zero attached hydrogens (tertiary/aromatic N) is 6. The fourth-order valence-corrected chi connectivity index (χ4v) is 4.03. The van der Waals surface area contributed by atoms with E-state index in [2.05, 4.69) is 20.5 Å². The minimum atomic E-state index is -2.99. The number of hydrogen-bond donors (Lipinski definition) is 1. The van der Waals surface area contributed by atoms with Crippen LogP contribution in [0, 0.1) is 0 Å². The zero-order valence-corrected chi connectivity index (χ0v) is 18.0. The number of alkyl halides is 4. The number of morpholine rings is 1. The topological polar surface area (TPSA) is 89.6 Å². The number of hydrogen-bond acceptors (Lipinski definition) is 6. The second kappa shape index (κ2) is 7.14. The van der Waals surface area contributed by atoms with E-state index in [1.165, 1.54) is 38.8 Å². The molecule has 1 N–H and O–H groups in total. The van der Waals surface area contributed by atoms with Gasteiger partial charge in [0.1, 0.15) is 23.5 Å². The van der Waals surface area contributed by atoms with Gasteiger partial charge in [0.2, 0.25) is 0 Å². The third kappa shape index (κ3) is 3.41. The van der Waals surface area contributed by atoms with Crippen molar-refractivity contribution in [3.05, 3.63) is 35.9 Å². The molecule has 0 radical (unpaired) electrons. The number of amides is 1. The van der Waals surface area contributed by atoms with Crippen LogP contribution in [-0.4, -0.2) is 61.5 Å². The normalized spacial score (nSPS) is 22.0. The number of rotatable bonds is 4. The predicted octanol–water partition coefficient (Wildman–Crippen LogP) is 3.09. The van der Waals surface area contributed by atoms with Gasteiger partial charge in [-0.3, -0.25) is 9.48 Å². The van der Waals surface area contributed by atoms with Gasteiger partial charge in [-0.05, 0) is 26.8 Å². The first-order valence-corrected chi connectivity index (χ1v) is 10.3. The van der Waals surface area contributed by atoms with E-state index in [0.717, 1.165) is 0 Å². The summed E-state index contributed by atoms with van der Waals surface area (Å²) < 4.78 is 63.3. The number of anilines is 2. The maximum absolute atomic E-state index is 14.3. The Bertz CT molecular complexity index is 1230. The van der Waals surface area contributed by atoms with Crippen molar-refractivity contribution in [1.82, 2.24) is 24.4 Å². The molecule has 2 saturated heterocycles. The van der Waals surface area contributed by atoms with Crippen molar-refractivity contribution >= 4 is 23.1 Å². The van der Waals surface area contributed by atoms with Gasteiger partial charge >= 0.3 is 0 Å². The Morgan fingerprint density at radius 2 is 2.09 bits per heavy atom. The maximum Gasteiger partial charge on any atom is 0.297 e. The van der Waals surface area contributed by atoms with Gasteiger partial charge in [-0.1, -0.05) is 0 Å². The first kappa shape index (κ1) is 21.6. The third-order valence-corrected chi connectivity index (χ3v) is 5.85. The van der Waals surface area contributed by atoms with Gasteiger partial charge in [-0.15, -0.1) is 0 Å². The molecule has 2 fully saturated rings. The van der Waals surface area contributed by atoms with Gasteiger partial charge in [-0.2, -0.15) is 10.2 Å². The van der Waals surface area contributed by atoms with Crippen LogP contribution >= 0.6 is 0 Å². The molecular weight excluding hydrogens is 446 g/mol. The quantitative estimate of drug-likeness (QED) is 0.594. The van der Waals surface area contributed by atoms with Crippen LogP contribution < -0.4 is 10.2 Å². The maximum atomic E-state index is 14.3. The molecular formula is C20H21F4N7O2. The predicted molar refractivity (Wildman–Crippen MR) is 109 cm³/mol. The van der Waals surface area contributed by atoms with Crippen LogP contribution in [-0.2, 0) is 10.3 Å². The van der Waals surface area contributed by atoms with Crippen LogP contribution in [0.15, 0.2) is 24.7 Å². The summed E-state index contributed by atoms with van der Waals surface area (Å²) in [4.78, 5) is 18.8. The Morgan fingerprint density at radius 1 is 1.33 bits per heavy atom. The second-order valence-electron chi connectivity index (χ2n) is 9.08. The number of carbonyl (C=O) groups is 1. The van der Waals surface area contributed by atoms with Crippen molar-refractivity contribution < 1.29 is 27.1 Å². The molecule has 33 heavy (non-hydrogen) atoms.